The van der Waals surface area contributed by atoms with Gasteiger partial charge in [-0.1, -0.05) is 27.7 Å². The van der Waals surface area contributed by atoms with E-state index in [4.69, 9.17) is 5.84 Å². The fourth-order valence-corrected chi connectivity index (χ4v) is 6.47. The highest BCUT2D eigenvalue weighted by Gasteiger charge is 2.56. The summed E-state index contributed by atoms with van der Waals surface area (Å²) in [6.07, 6.45) is 5.61. The van der Waals surface area contributed by atoms with Gasteiger partial charge in [-0.15, -0.1) is 0 Å². The molecule has 0 aromatic rings. The fraction of sp³-hybridized carbons (Fsp3) is 1.00. The maximum Gasteiger partial charge on any atom is 0.0278 e. The van der Waals surface area contributed by atoms with E-state index >= 15 is 0 Å². The number of piperidine rings is 1. The molecule has 2 aliphatic heterocycles. The number of nitrogens with zero attached hydrogens (tertiary/aromatic N) is 2. The number of likely N-dealkylation sites (tertiary alicyclic amines) is 1. The summed E-state index contributed by atoms with van der Waals surface area (Å²) >= 11 is 0. The largest absolute Gasteiger partial charge is 0.297 e. The molecule has 3 heteroatoms. The van der Waals surface area contributed by atoms with Crippen LogP contribution < -0.4 is 5.84 Å². The first-order valence-corrected chi connectivity index (χ1v) is 10.2. The second-order valence-corrected chi connectivity index (χ2v) is 9.90. The van der Waals surface area contributed by atoms with Gasteiger partial charge in [-0.05, 0) is 68.1 Å². The summed E-state index contributed by atoms with van der Waals surface area (Å²) in [6.45, 7) is 13.4. The van der Waals surface area contributed by atoms with Crippen LogP contribution >= 0.6 is 0 Å². The summed E-state index contributed by atoms with van der Waals surface area (Å²) in [6, 6.07) is 2.94. The van der Waals surface area contributed by atoms with Crippen molar-refractivity contribution in [1.82, 2.24) is 9.91 Å². The van der Waals surface area contributed by atoms with E-state index in [1.165, 1.54) is 32.2 Å². The van der Waals surface area contributed by atoms with E-state index < -0.39 is 0 Å². The summed E-state index contributed by atoms with van der Waals surface area (Å²) in [7, 11) is 0. The zero-order valence-corrected chi connectivity index (χ0v) is 15.8. The maximum atomic E-state index is 6.39. The van der Waals surface area contributed by atoms with Gasteiger partial charge in [0.2, 0.25) is 0 Å². The van der Waals surface area contributed by atoms with Gasteiger partial charge in [-0.25, -0.2) is 5.01 Å². The first-order chi connectivity index (χ1) is 10.9. The van der Waals surface area contributed by atoms with Crippen LogP contribution in [0.1, 0.15) is 60.3 Å². The van der Waals surface area contributed by atoms with Crippen LogP contribution in [0, 0.1) is 35.5 Å². The predicted molar refractivity (Wildman–Crippen MR) is 95.7 cm³/mol. The highest BCUT2D eigenvalue weighted by atomic mass is 15.5. The van der Waals surface area contributed by atoms with Gasteiger partial charge >= 0.3 is 0 Å². The second kappa shape index (κ2) is 5.71. The van der Waals surface area contributed by atoms with Gasteiger partial charge in [0.15, 0.2) is 0 Å². The molecule has 8 atom stereocenters. The van der Waals surface area contributed by atoms with Gasteiger partial charge in [0.1, 0.15) is 0 Å². The lowest BCUT2D eigenvalue weighted by atomic mass is 9.66. The van der Waals surface area contributed by atoms with Crippen molar-refractivity contribution in [3.8, 4) is 0 Å². The van der Waals surface area contributed by atoms with Crippen LogP contribution in [-0.4, -0.2) is 40.6 Å². The summed E-state index contributed by atoms with van der Waals surface area (Å²) in [5.41, 5.74) is 0. The zero-order valence-electron chi connectivity index (χ0n) is 15.8. The molecule has 8 unspecified atom stereocenters. The van der Waals surface area contributed by atoms with E-state index in [-0.39, 0.29) is 0 Å². The van der Waals surface area contributed by atoms with Crippen molar-refractivity contribution < 1.29 is 0 Å². The molecule has 2 aliphatic carbocycles. The number of hydrogen-bond donors (Lipinski definition) is 1. The zero-order chi connectivity index (χ0) is 16.5. The van der Waals surface area contributed by atoms with E-state index in [1.54, 1.807) is 0 Å². The van der Waals surface area contributed by atoms with Crippen molar-refractivity contribution in [2.24, 2.45) is 41.4 Å². The maximum absolute atomic E-state index is 6.39. The van der Waals surface area contributed by atoms with Crippen LogP contribution in [-0.2, 0) is 0 Å². The Morgan fingerprint density at radius 3 is 2.35 bits per heavy atom. The van der Waals surface area contributed by atoms with E-state index in [1.807, 2.05) is 0 Å². The van der Waals surface area contributed by atoms with Crippen molar-refractivity contribution >= 4 is 0 Å². The van der Waals surface area contributed by atoms with Crippen LogP contribution in [0.2, 0.25) is 0 Å². The van der Waals surface area contributed by atoms with Crippen LogP contribution in [0.15, 0.2) is 0 Å². The lowest BCUT2D eigenvalue weighted by molar-refractivity contribution is 0.0246. The molecule has 132 valence electrons. The lowest BCUT2D eigenvalue weighted by Gasteiger charge is -2.46. The van der Waals surface area contributed by atoms with E-state index in [0.717, 1.165) is 41.7 Å². The highest BCUT2D eigenvalue weighted by Crippen LogP contribution is 2.54. The quantitative estimate of drug-likeness (QED) is 0.789. The summed E-state index contributed by atoms with van der Waals surface area (Å²) < 4.78 is 0. The number of fused-ring (bicyclic) bond motifs is 2. The van der Waals surface area contributed by atoms with Gasteiger partial charge in [-0.2, -0.15) is 0 Å². The topological polar surface area (TPSA) is 32.5 Å². The van der Waals surface area contributed by atoms with Crippen LogP contribution in [0.4, 0.5) is 0 Å². The SMILES string of the molecule is CC(C)C1CC2C(CC(C)N3CC4CC4C3C(C)C)CC2N1N. The third kappa shape index (κ3) is 2.58. The second-order valence-electron chi connectivity index (χ2n) is 9.90. The highest BCUT2D eigenvalue weighted by molar-refractivity contribution is 5.08. The molecule has 23 heavy (non-hydrogen) atoms. The molecule has 2 N–H and O–H groups in total. The molecule has 2 saturated carbocycles. The van der Waals surface area contributed by atoms with Crippen molar-refractivity contribution in [1.29, 1.82) is 0 Å². The van der Waals surface area contributed by atoms with Crippen LogP contribution in [0.25, 0.3) is 0 Å². The van der Waals surface area contributed by atoms with Crippen molar-refractivity contribution in [3.63, 3.8) is 0 Å². The molecule has 0 amide bonds. The molecule has 3 nitrogen and oxygen atoms in total. The minimum absolute atomic E-state index is 0.619. The molecule has 0 aromatic heterocycles. The molecule has 0 aromatic carbocycles. The third-order valence-electron chi connectivity index (χ3n) is 7.83. The van der Waals surface area contributed by atoms with Crippen molar-refractivity contribution in [2.45, 2.75) is 84.5 Å². The van der Waals surface area contributed by atoms with Gasteiger partial charge < -0.3 is 0 Å². The first kappa shape index (κ1) is 16.4. The fourth-order valence-electron chi connectivity index (χ4n) is 6.47. The standard InChI is InChI=1S/C20H37N3/c1-11(2)18-9-16-14(8-19(16)23(18)21)6-13(5)22-10-15-7-17(15)20(22)12(3)4/h11-20H,6-10,21H2,1-5H3. The molecular weight excluding hydrogens is 282 g/mol. The van der Waals surface area contributed by atoms with Gasteiger partial charge in [0, 0.05) is 30.7 Å². The van der Waals surface area contributed by atoms with Crippen LogP contribution in [0.3, 0.4) is 0 Å². The monoisotopic (exact) mass is 319 g/mol. The van der Waals surface area contributed by atoms with Gasteiger partial charge in [0.25, 0.3) is 0 Å². The molecular formula is C20H37N3. The number of hydrogen-bond acceptors (Lipinski definition) is 3. The summed E-state index contributed by atoms with van der Waals surface area (Å²) in [5, 5.41) is 2.22. The Kier molecular flexibility index (Phi) is 4.06. The van der Waals surface area contributed by atoms with E-state index in [2.05, 4.69) is 44.5 Å². The summed E-state index contributed by atoms with van der Waals surface area (Å²) in [5.74, 6) is 11.8. The lowest BCUT2D eigenvalue weighted by Crippen LogP contribution is -2.53. The van der Waals surface area contributed by atoms with Crippen LogP contribution in [0.5, 0.6) is 0 Å². The number of nitrogens with two attached hydrogens (primary N) is 1. The number of rotatable bonds is 5. The van der Waals surface area contributed by atoms with E-state index in [0.29, 0.717) is 18.0 Å². The Hall–Kier alpha value is -0.120. The molecule has 2 saturated heterocycles. The minimum atomic E-state index is 0.619. The Labute approximate surface area is 142 Å². The molecule has 4 aliphatic rings. The van der Waals surface area contributed by atoms with Crippen molar-refractivity contribution in [3.05, 3.63) is 0 Å². The predicted octanol–water partition coefficient (Wildman–Crippen LogP) is 3.35. The minimum Gasteiger partial charge on any atom is -0.297 e. The molecule has 4 rings (SSSR count). The Bertz CT molecular complexity index is 448. The van der Waals surface area contributed by atoms with E-state index in [9.17, 15) is 0 Å². The molecule has 0 spiro atoms. The Morgan fingerprint density at radius 1 is 0.957 bits per heavy atom. The molecule has 4 fully saturated rings. The summed E-state index contributed by atoms with van der Waals surface area (Å²) in [4.78, 5) is 2.88. The first-order valence-electron chi connectivity index (χ1n) is 10.2. The van der Waals surface area contributed by atoms with Gasteiger partial charge in [0.05, 0.1) is 0 Å². The van der Waals surface area contributed by atoms with Gasteiger partial charge in [-0.3, -0.25) is 10.7 Å². The smallest absolute Gasteiger partial charge is 0.0278 e. The average molecular weight is 320 g/mol. The number of hydrazine groups is 1. The molecule has 0 radical (unpaired) electrons. The molecule has 0 bridgehead atoms. The normalized spacial score (nSPS) is 47.7. The Morgan fingerprint density at radius 2 is 1.70 bits per heavy atom. The third-order valence-corrected chi connectivity index (χ3v) is 7.83. The van der Waals surface area contributed by atoms with Crippen molar-refractivity contribution in [2.75, 3.05) is 6.54 Å². The average Bonchev–Trinajstić information content (AvgIpc) is 3.02. The Balaban J connectivity index is 1.35. The molecule has 2 heterocycles.